The van der Waals surface area contributed by atoms with Crippen molar-refractivity contribution in [3.63, 3.8) is 0 Å². The van der Waals surface area contributed by atoms with Crippen LogP contribution < -0.4 is 5.32 Å². The van der Waals surface area contributed by atoms with Gasteiger partial charge in [0.1, 0.15) is 17.1 Å². The molecule has 1 N–H and O–H groups in total. The lowest BCUT2D eigenvalue weighted by Gasteiger charge is -2.12. The van der Waals surface area contributed by atoms with Crippen LogP contribution in [0.1, 0.15) is 46.1 Å². The van der Waals surface area contributed by atoms with Crippen LogP contribution in [0.2, 0.25) is 5.02 Å². The summed E-state index contributed by atoms with van der Waals surface area (Å²) in [7, 11) is 0. The molecule has 3 aromatic rings. The molecule has 166 valence electrons. The summed E-state index contributed by atoms with van der Waals surface area (Å²) in [5, 5.41) is 4.52. The van der Waals surface area contributed by atoms with Gasteiger partial charge in [-0.05, 0) is 24.3 Å². The molecule has 0 aliphatic carbocycles. The number of nitrogens with zero attached hydrogens (tertiary/aromatic N) is 2. The molecule has 1 amide bonds. The lowest BCUT2D eigenvalue weighted by atomic mass is 10.1. The molecule has 0 atom stereocenters. The molecule has 2 heterocycles. The number of aromatic nitrogens is 2. The van der Waals surface area contributed by atoms with E-state index in [1.165, 1.54) is 6.07 Å². The second-order valence-electron chi connectivity index (χ2n) is 6.11. The predicted octanol–water partition coefficient (Wildman–Crippen LogP) is 6.32. The summed E-state index contributed by atoms with van der Waals surface area (Å²) in [4.78, 5) is 12.2. The van der Waals surface area contributed by atoms with Gasteiger partial charge in [-0.1, -0.05) is 23.7 Å². The summed E-state index contributed by atoms with van der Waals surface area (Å²) in [6, 6.07) is 6.49. The Morgan fingerprint density at radius 2 is 1.77 bits per heavy atom. The lowest BCUT2D eigenvalue weighted by Crippen LogP contribution is -2.16. The fourth-order valence-electron chi connectivity index (χ4n) is 2.70. The van der Waals surface area contributed by atoms with Crippen LogP contribution in [0.3, 0.4) is 0 Å². The third kappa shape index (κ3) is 4.84. The van der Waals surface area contributed by atoms with Crippen LogP contribution in [0.4, 0.5) is 36.4 Å². The Morgan fingerprint density at radius 3 is 2.39 bits per heavy atom. The first-order valence-corrected chi connectivity index (χ1v) is 8.75. The number of amides is 1. The highest BCUT2D eigenvalue weighted by atomic mass is 35.5. The zero-order chi connectivity index (χ0) is 22.9. The van der Waals surface area contributed by atoms with E-state index in [9.17, 15) is 35.5 Å². The molecule has 0 bridgehead atoms. The minimum atomic E-state index is -4.72. The average molecular weight is 470 g/mol. The molecule has 0 aliphatic heterocycles. The van der Waals surface area contributed by atoms with Crippen molar-refractivity contribution in [1.29, 1.82) is 0 Å². The molecule has 0 spiro atoms. The number of carbonyl (C=O) groups is 1. The standard InChI is InChI=1S/C18H11ClF7N3O2/c19-12-13(15(20)21)28-29(14(12)16(22)23)7-8-5-6-11(31-8)17(30)27-10-4-2-1-3-9(10)18(24,25)26/h1-6,15-16H,7H2,(H,27,30). The molecular weight excluding hydrogens is 459 g/mol. The summed E-state index contributed by atoms with van der Waals surface area (Å²) in [6.07, 6.45) is -11.1. The number of benzene rings is 1. The number of halogens is 8. The normalized spacial score (nSPS) is 12.1. The van der Waals surface area contributed by atoms with E-state index < -0.39 is 64.9 Å². The molecule has 0 saturated carbocycles. The number of furan rings is 1. The van der Waals surface area contributed by atoms with Gasteiger partial charge >= 0.3 is 6.18 Å². The molecule has 0 unspecified atom stereocenters. The zero-order valence-electron chi connectivity index (χ0n) is 15.1. The largest absolute Gasteiger partial charge is 0.454 e. The smallest absolute Gasteiger partial charge is 0.418 e. The van der Waals surface area contributed by atoms with Crippen molar-refractivity contribution in [3.8, 4) is 0 Å². The Morgan fingerprint density at radius 1 is 1.10 bits per heavy atom. The van der Waals surface area contributed by atoms with E-state index in [1.54, 1.807) is 0 Å². The van der Waals surface area contributed by atoms with Crippen LogP contribution in [0, 0.1) is 0 Å². The maximum atomic E-state index is 13.2. The summed E-state index contributed by atoms with van der Waals surface area (Å²) >= 11 is 5.55. The van der Waals surface area contributed by atoms with Crippen molar-refractivity contribution in [2.45, 2.75) is 25.6 Å². The van der Waals surface area contributed by atoms with Gasteiger partial charge < -0.3 is 9.73 Å². The highest BCUT2D eigenvalue weighted by Gasteiger charge is 2.34. The van der Waals surface area contributed by atoms with Crippen LogP contribution >= 0.6 is 11.6 Å². The average Bonchev–Trinajstić information content (AvgIpc) is 3.26. The number of para-hydroxylation sites is 1. The fourth-order valence-corrected chi connectivity index (χ4v) is 3.00. The molecule has 0 radical (unpaired) electrons. The molecule has 0 fully saturated rings. The van der Waals surface area contributed by atoms with Gasteiger partial charge in [-0.2, -0.15) is 18.3 Å². The van der Waals surface area contributed by atoms with Gasteiger partial charge in [0.05, 0.1) is 22.8 Å². The van der Waals surface area contributed by atoms with E-state index >= 15 is 0 Å². The maximum absolute atomic E-state index is 13.2. The summed E-state index contributed by atoms with van der Waals surface area (Å²) in [5.41, 5.74) is -3.59. The maximum Gasteiger partial charge on any atom is 0.418 e. The second-order valence-corrected chi connectivity index (χ2v) is 6.48. The van der Waals surface area contributed by atoms with E-state index in [1.807, 2.05) is 0 Å². The zero-order valence-corrected chi connectivity index (χ0v) is 15.8. The van der Waals surface area contributed by atoms with Crippen LogP contribution in [-0.4, -0.2) is 15.7 Å². The van der Waals surface area contributed by atoms with Crippen molar-refractivity contribution in [2.24, 2.45) is 0 Å². The van der Waals surface area contributed by atoms with Crippen LogP contribution in [0.15, 0.2) is 40.8 Å². The minimum Gasteiger partial charge on any atom is -0.454 e. The van der Waals surface area contributed by atoms with Crippen molar-refractivity contribution < 1.29 is 39.9 Å². The Kier molecular flexibility index (Phi) is 6.30. The number of anilines is 1. The molecule has 5 nitrogen and oxygen atoms in total. The van der Waals surface area contributed by atoms with Crippen LogP contribution in [-0.2, 0) is 12.7 Å². The van der Waals surface area contributed by atoms with Gasteiger partial charge in [-0.15, -0.1) is 0 Å². The van der Waals surface area contributed by atoms with E-state index in [0.717, 1.165) is 30.3 Å². The Hall–Kier alpha value is -3.02. The van der Waals surface area contributed by atoms with Gasteiger partial charge in [0.25, 0.3) is 18.8 Å². The Balaban J connectivity index is 1.82. The first-order valence-electron chi connectivity index (χ1n) is 8.37. The van der Waals surface area contributed by atoms with Crippen molar-refractivity contribution in [1.82, 2.24) is 9.78 Å². The molecule has 31 heavy (non-hydrogen) atoms. The molecule has 0 aliphatic rings. The summed E-state index contributed by atoms with van der Waals surface area (Å²) in [6.45, 7) is -0.571. The number of alkyl halides is 7. The van der Waals surface area contributed by atoms with Crippen molar-refractivity contribution in [2.75, 3.05) is 5.32 Å². The molecule has 3 rings (SSSR count). The van der Waals surface area contributed by atoms with Crippen LogP contribution in [0.5, 0.6) is 0 Å². The van der Waals surface area contributed by atoms with Crippen molar-refractivity contribution in [3.05, 3.63) is 69.9 Å². The number of hydrogen-bond acceptors (Lipinski definition) is 3. The Bertz CT molecular complexity index is 1090. The topological polar surface area (TPSA) is 60.1 Å². The van der Waals surface area contributed by atoms with Gasteiger partial charge in [-0.3, -0.25) is 9.48 Å². The van der Waals surface area contributed by atoms with Gasteiger partial charge in [0, 0.05) is 0 Å². The number of nitrogens with one attached hydrogen (secondary N) is 1. The minimum absolute atomic E-state index is 0.142. The quantitative estimate of drug-likeness (QED) is 0.429. The van der Waals surface area contributed by atoms with Gasteiger partial charge in [-0.25, -0.2) is 17.6 Å². The first-order chi connectivity index (χ1) is 14.5. The monoisotopic (exact) mass is 469 g/mol. The third-order valence-corrected chi connectivity index (χ3v) is 4.43. The van der Waals surface area contributed by atoms with Crippen molar-refractivity contribution >= 4 is 23.2 Å². The highest BCUT2D eigenvalue weighted by molar-refractivity contribution is 6.32. The fraction of sp³-hybridized carbons (Fsp3) is 0.222. The van der Waals surface area contributed by atoms with E-state index in [0.29, 0.717) is 4.68 Å². The SMILES string of the molecule is O=C(Nc1ccccc1C(F)(F)F)c1ccc(Cn2nc(C(F)F)c(Cl)c2C(F)F)o1. The first kappa shape index (κ1) is 22.7. The number of carbonyl (C=O) groups excluding carboxylic acids is 1. The lowest BCUT2D eigenvalue weighted by molar-refractivity contribution is -0.136. The van der Waals surface area contributed by atoms with E-state index in [2.05, 4.69) is 10.4 Å². The summed E-state index contributed by atoms with van der Waals surface area (Å²) in [5.74, 6) is -1.61. The van der Waals surface area contributed by atoms with Gasteiger partial charge in [0.2, 0.25) is 0 Å². The summed E-state index contributed by atoms with van der Waals surface area (Å²) < 4.78 is 97.0. The molecule has 1 aromatic carbocycles. The molecular formula is C18H11ClF7N3O2. The molecule has 2 aromatic heterocycles. The third-order valence-electron chi connectivity index (χ3n) is 4.04. The van der Waals surface area contributed by atoms with Crippen LogP contribution in [0.25, 0.3) is 0 Å². The Labute approximate surface area is 174 Å². The second kappa shape index (κ2) is 8.61. The number of rotatable bonds is 6. The number of hydrogen-bond donors (Lipinski definition) is 1. The highest BCUT2D eigenvalue weighted by Crippen LogP contribution is 2.36. The van der Waals surface area contributed by atoms with E-state index in [4.69, 9.17) is 16.0 Å². The molecule has 13 heteroatoms. The van der Waals surface area contributed by atoms with Gasteiger partial charge in [0.15, 0.2) is 5.76 Å². The molecule has 0 saturated heterocycles. The predicted molar refractivity (Wildman–Crippen MR) is 94.4 cm³/mol. The van der Waals surface area contributed by atoms with E-state index in [-0.39, 0.29) is 5.76 Å².